The number of thiazole rings is 1. The van der Waals surface area contributed by atoms with Crippen molar-refractivity contribution in [2.75, 3.05) is 5.43 Å². The second kappa shape index (κ2) is 6.78. The molecule has 8 heteroatoms. The Labute approximate surface area is 157 Å². The van der Waals surface area contributed by atoms with E-state index in [4.69, 9.17) is 16.1 Å². The fourth-order valence-corrected chi connectivity index (χ4v) is 3.62. The lowest BCUT2D eigenvalue weighted by atomic mass is 10.1. The van der Waals surface area contributed by atoms with Crippen molar-refractivity contribution in [1.82, 2.24) is 15.6 Å². The van der Waals surface area contributed by atoms with Crippen LogP contribution in [0.25, 0.3) is 21.5 Å². The number of aromatic nitrogens is 2. The fraction of sp³-hybridized carbons (Fsp3) is 0.0556. The van der Waals surface area contributed by atoms with Crippen LogP contribution < -0.4 is 10.9 Å². The van der Waals surface area contributed by atoms with Crippen molar-refractivity contribution in [2.24, 2.45) is 0 Å². The molecule has 0 saturated heterocycles. The number of anilines is 1. The number of carbonyl (C=O) groups excluding carboxylic acids is 1. The molecule has 0 fully saturated rings. The zero-order valence-corrected chi connectivity index (χ0v) is 15.2. The highest BCUT2D eigenvalue weighted by Crippen LogP contribution is 2.31. The Kier molecular flexibility index (Phi) is 4.32. The lowest BCUT2D eigenvalue weighted by Gasteiger charge is -2.06. The average molecular weight is 385 g/mol. The molecule has 4 aromatic rings. The predicted octanol–water partition coefficient (Wildman–Crippen LogP) is 4.67. The molecule has 26 heavy (non-hydrogen) atoms. The number of carbonyl (C=O) groups is 1. The van der Waals surface area contributed by atoms with Crippen LogP contribution in [0.2, 0.25) is 5.02 Å². The highest BCUT2D eigenvalue weighted by atomic mass is 35.5. The van der Waals surface area contributed by atoms with Crippen LogP contribution in [0, 0.1) is 6.92 Å². The summed E-state index contributed by atoms with van der Waals surface area (Å²) in [5.74, 6) is 0.0291. The van der Waals surface area contributed by atoms with Crippen molar-refractivity contribution in [3.8, 4) is 11.3 Å². The average Bonchev–Trinajstić information content (AvgIpc) is 3.23. The SMILES string of the molecule is Cc1onc(-c2ccccc2Cl)c1C(=O)NNc1nc2ccccc2s1. The monoisotopic (exact) mass is 384 g/mol. The van der Waals surface area contributed by atoms with E-state index in [9.17, 15) is 4.79 Å². The van der Waals surface area contributed by atoms with Gasteiger partial charge in [-0.15, -0.1) is 0 Å². The van der Waals surface area contributed by atoms with Crippen molar-refractivity contribution in [1.29, 1.82) is 0 Å². The Balaban J connectivity index is 1.59. The van der Waals surface area contributed by atoms with Crippen LogP contribution in [0.3, 0.4) is 0 Å². The number of para-hydroxylation sites is 1. The molecule has 0 spiro atoms. The van der Waals surface area contributed by atoms with Gasteiger partial charge in [0.15, 0.2) is 0 Å². The van der Waals surface area contributed by atoms with Gasteiger partial charge in [0.1, 0.15) is 17.0 Å². The van der Waals surface area contributed by atoms with Gasteiger partial charge in [0.2, 0.25) is 5.13 Å². The van der Waals surface area contributed by atoms with Crippen molar-refractivity contribution < 1.29 is 9.32 Å². The van der Waals surface area contributed by atoms with Gasteiger partial charge in [-0.25, -0.2) is 4.98 Å². The van der Waals surface area contributed by atoms with Gasteiger partial charge < -0.3 is 4.52 Å². The molecule has 0 aliphatic rings. The Hall–Kier alpha value is -2.90. The van der Waals surface area contributed by atoms with Crippen LogP contribution >= 0.6 is 22.9 Å². The molecule has 0 bridgehead atoms. The Morgan fingerprint density at radius 1 is 1.15 bits per heavy atom. The smallest absolute Gasteiger partial charge is 0.275 e. The molecule has 0 aliphatic carbocycles. The topological polar surface area (TPSA) is 80.0 Å². The highest BCUT2D eigenvalue weighted by molar-refractivity contribution is 7.22. The first-order chi connectivity index (χ1) is 12.6. The van der Waals surface area contributed by atoms with Gasteiger partial charge in [0, 0.05) is 5.56 Å². The standard InChI is InChI=1S/C18H13ClN4O2S/c1-10-15(16(23-25-10)11-6-2-3-7-12(11)19)17(24)21-22-18-20-13-8-4-5-9-14(13)26-18/h2-9H,1H3,(H,20,22)(H,21,24). The van der Waals surface area contributed by atoms with E-state index in [2.05, 4.69) is 21.0 Å². The summed E-state index contributed by atoms with van der Waals surface area (Å²) < 4.78 is 6.25. The number of nitrogens with one attached hydrogen (secondary N) is 2. The number of nitrogens with zero attached hydrogens (tertiary/aromatic N) is 2. The largest absolute Gasteiger partial charge is 0.360 e. The first-order valence-corrected chi connectivity index (χ1v) is 8.96. The number of amides is 1. The molecule has 0 unspecified atom stereocenters. The summed E-state index contributed by atoms with van der Waals surface area (Å²) in [5.41, 5.74) is 7.73. The summed E-state index contributed by atoms with van der Waals surface area (Å²) in [6.07, 6.45) is 0. The molecule has 4 rings (SSSR count). The lowest BCUT2D eigenvalue weighted by Crippen LogP contribution is -2.29. The first kappa shape index (κ1) is 16.6. The normalized spacial score (nSPS) is 10.8. The van der Waals surface area contributed by atoms with Gasteiger partial charge in [0.25, 0.3) is 5.91 Å². The molecule has 2 heterocycles. The Morgan fingerprint density at radius 3 is 2.73 bits per heavy atom. The second-order valence-electron chi connectivity index (χ2n) is 5.51. The first-order valence-electron chi connectivity index (χ1n) is 7.76. The number of rotatable bonds is 4. The minimum absolute atomic E-state index is 0.326. The van der Waals surface area contributed by atoms with Gasteiger partial charge >= 0.3 is 0 Å². The van der Waals surface area contributed by atoms with Crippen molar-refractivity contribution in [2.45, 2.75) is 6.92 Å². The Bertz CT molecular complexity index is 1070. The third-order valence-electron chi connectivity index (χ3n) is 3.80. The number of fused-ring (bicyclic) bond motifs is 1. The summed E-state index contributed by atoms with van der Waals surface area (Å²) in [6.45, 7) is 1.68. The summed E-state index contributed by atoms with van der Waals surface area (Å²) in [5, 5.41) is 5.08. The van der Waals surface area contributed by atoms with E-state index in [1.165, 1.54) is 11.3 Å². The zero-order chi connectivity index (χ0) is 18.1. The van der Waals surface area contributed by atoms with E-state index in [-0.39, 0.29) is 5.91 Å². The van der Waals surface area contributed by atoms with E-state index in [0.29, 0.717) is 32.7 Å². The third-order valence-corrected chi connectivity index (χ3v) is 5.08. The maximum Gasteiger partial charge on any atom is 0.275 e. The molecule has 2 aromatic carbocycles. The van der Waals surface area contributed by atoms with Crippen molar-refractivity contribution in [3.05, 3.63) is 64.9 Å². The van der Waals surface area contributed by atoms with E-state index >= 15 is 0 Å². The van der Waals surface area contributed by atoms with Gasteiger partial charge in [-0.3, -0.25) is 15.6 Å². The molecule has 130 valence electrons. The number of halogens is 1. The molecule has 0 radical (unpaired) electrons. The maximum absolute atomic E-state index is 12.7. The van der Waals surface area contributed by atoms with E-state index in [0.717, 1.165) is 10.2 Å². The van der Waals surface area contributed by atoms with E-state index in [1.54, 1.807) is 19.1 Å². The van der Waals surface area contributed by atoms with Gasteiger partial charge in [-0.1, -0.05) is 58.4 Å². The number of benzene rings is 2. The minimum atomic E-state index is -0.377. The van der Waals surface area contributed by atoms with Crippen LogP contribution in [0.5, 0.6) is 0 Å². The van der Waals surface area contributed by atoms with Crippen LogP contribution in [0.4, 0.5) is 5.13 Å². The van der Waals surface area contributed by atoms with Crippen LogP contribution in [0.1, 0.15) is 16.1 Å². The maximum atomic E-state index is 12.7. The summed E-state index contributed by atoms with van der Waals surface area (Å²) >= 11 is 7.67. The summed E-state index contributed by atoms with van der Waals surface area (Å²) in [6, 6.07) is 14.9. The zero-order valence-electron chi connectivity index (χ0n) is 13.6. The molecule has 1 amide bonds. The Morgan fingerprint density at radius 2 is 1.92 bits per heavy atom. The molecule has 2 N–H and O–H groups in total. The molecule has 2 aromatic heterocycles. The van der Waals surface area contributed by atoms with E-state index in [1.807, 2.05) is 36.4 Å². The summed E-state index contributed by atoms with van der Waals surface area (Å²) in [7, 11) is 0. The fourth-order valence-electron chi connectivity index (χ4n) is 2.58. The minimum Gasteiger partial charge on any atom is -0.360 e. The van der Waals surface area contributed by atoms with Crippen molar-refractivity contribution in [3.63, 3.8) is 0 Å². The quantitative estimate of drug-likeness (QED) is 0.500. The predicted molar refractivity (Wildman–Crippen MR) is 102 cm³/mol. The van der Waals surface area contributed by atoms with Gasteiger partial charge in [0.05, 0.1) is 15.2 Å². The number of hydrazine groups is 1. The van der Waals surface area contributed by atoms with Crippen LogP contribution in [0.15, 0.2) is 53.1 Å². The summed E-state index contributed by atoms with van der Waals surface area (Å²) in [4.78, 5) is 17.1. The lowest BCUT2D eigenvalue weighted by molar-refractivity contribution is 0.0961. The van der Waals surface area contributed by atoms with Gasteiger partial charge in [-0.2, -0.15) is 0 Å². The van der Waals surface area contributed by atoms with E-state index < -0.39 is 0 Å². The third kappa shape index (κ3) is 3.02. The molecule has 6 nitrogen and oxygen atoms in total. The highest BCUT2D eigenvalue weighted by Gasteiger charge is 2.23. The number of hydrogen-bond donors (Lipinski definition) is 2. The van der Waals surface area contributed by atoms with Crippen LogP contribution in [-0.4, -0.2) is 16.0 Å². The number of hydrogen-bond acceptors (Lipinski definition) is 6. The van der Waals surface area contributed by atoms with Gasteiger partial charge in [-0.05, 0) is 25.1 Å². The molecule has 0 atom stereocenters. The van der Waals surface area contributed by atoms with Crippen molar-refractivity contribution >= 4 is 44.2 Å². The molecule has 0 aliphatic heterocycles. The number of aryl methyl sites for hydroxylation is 1. The molecule has 0 saturated carbocycles. The second-order valence-corrected chi connectivity index (χ2v) is 6.95. The molecular weight excluding hydrogens is 372 g/mol. The van der Waals surface area contributed by atoms with Crippen LogP contribution in [-0.2, 0) is 0 Å². The molecular formula is C18H13ClN4O2S.